The second-order valence-electron chi connectivity index (χ2n) is 12.1. The zero-order valence-corrected chi connectivity index (χ0v) is 24.3. The SMILES string of the molecule is O=C(NCCN1CCC(Cc2ccccc2)CC1)c1ccc2c(c1)N(Cc1cccc(F)c1)C(=O)CN1CCCCC21. The van der Waals surface area contributed by atoms with Crippen LogP contribution >= 0.6 is 0 Å². The van der Waals surface area contributed by atoms with Crippen LogP contribution in [0.1, 0.15) is 65.2 Å². The number of anilines is 1. The highest BCUT2D eigenvalue weighted by molar-refractivity contribution is 6.00. The summed E-state index contributed by atoms with van der Waals surface area (Å²) in [5.74, 6) is 0.259. The molecule has 1 atom stereocenters. The number of fused-ring (bicyclic) bond motifs is 3. The van der Waals surface area contributed by atoms with Crippen LogP contribution in [0.2, 0.25) is 0 Å². The van der Waals surface area contributed by atoms with Crippen molar-refractivity contribution >= 4 is 17.5 Å². The molecule has 3 heterocycles. The molecule has 3 aromatic rings. The van der Waals surface area contributed by atoms with E-state index in [1.54, 1.807) is 11.0 Å². The zero-order chi connectivity index (χ0) is 28.9. The van der Waals surface area contributed by atoms with Gasteiger partial charge in [-0.1, -0.05) is 55.0 Å². The fourth-order valence-electron chi connectivity index (χ4n) is 6.91. The van der Waals surface area contributed by atoms with Gasteiger partial charge in [0, 0.05) is 30.4 Å². The molecule has 0 spiro atoms. The lowest BCUT2D eigenvalue weighted by Crippen LogP contribution is -2.40. The minimum atomic E-state index is -0.319. The average molecular weight is 569 g/mol. The van der Waals surface area contributed by atoms with Crippen LogP contribution in [0.15, 0.2) is 72.8 Å². The molecule has 6 nitrogen and oxygen atoms in total. The van der Waals surface area contributed by atoms with Crippen molar-refractivity contribution in [1.29, 1.82) is 0 Å². The van der Waals surface area contributed by atoms with E-state index in [0.29, 0.717) is 18.7 Å². The predicted molar refractivity (Wildman–Crippen MR) is 164 cm³/mol. The molecule has 220 valence electrons. The van der Waals surface area contributed by atoms with Crippen LogP contribution in [0.25, 0.3) is 0 Å². The quantitative estimate of drug-likeness (QED) is 0.385. The van der Waals surface area contributed by atoms with Gasteiger partial charge in [-0.3, -0.25) is 14.5 Å². The summed E-state index contributed by atoms with van der Waals surface area (Å²) in [7, 11) is 0. The summed E-state index contributed by atoms with van der Waals surface area (Å²) in [5.41, 5.74) is 4.54. The lowest BCUT2D eigenvalue weighted by atomic mass is 9.90. The summed E-state index contributed by atoms with van der Waals surface area (Å²) in [4.78, 5) is 33.3. The number of piperidine rings is 2. The molecule has 6 rings (SSSR count). The van der Waals surface area contributed by atoms with Crippen LogP contribution in [0, 0.1) is 11.7 Å². The third-order valence-electron chi connectivity index (χ3n) is 9.21. The molecule has 0 aliphatic carbocycles. The molecule has 3 aliphatic heterocycles. The molecule has 0 radical (unpaired) electrons. The van der Waals surface area contributed by atoms with Crippen molar-refractivity contribution in [2.24, 2.45) is 5.92 Å². The number of hydrogen-bond acceptors (Lipinski definition) is 4. The lowest BCUT2D eigenvalue weighted by molar-refractivity contribution is -0.120. The summed E-state index contributed by atoms with van der Waals surface area (Å²) < 4.78 is 14.0. The largest absolute Gasteiger partial charge is 0.351 e. The molecule has 7 heteroatoms. The van der Waals surface area contributed by atoms with E-state index < -0.39 is 0 Å². The first kappa shape index (κ1) is 28.6. The van der Waals surface area contributed by atoms with Crippen molar-refractivity contribution in [3.63, 3.8) is 0 Å². The van der Waals surface area contributed by atoms with Gasteiger partial charge in [0.05, 0.1) is 13.1 Å². The van der Waals surface area contributed by atoms with Crippen molar-refractivity contribution < 1.29 is 14.0 Å². The Labute approximate surface area is 248 Å². The van der Waals surface area contributed by atoms with Crippen LogP contribution in [0.5, 0.6) is 0 Å². The molecule has 2 saturated heterocycles. The van der Waals surface area contributed by atoms with Gasteiger partial charge in [-0.2, -0.15) is 0 Å². The first-order chi connectivity index (χ1) is 20.5. The standard InChI is InChI=1S/C35H41FN4O2/c36-30-10-6-9-28(22-30)24-40-33-23-29(12-13-31(33)32-11-4-5-17-39(32)25-34(40)41)35(42)37-16-20-38-18-14-27(15-19-38)21-26-7-2-1-3-8-26/h1-3,6-10,12-13,22-23,27,32H,4-5,11,14-21,24-25H2,(H,37,42). The number of nitrogens with one attached hydrogen (secondary N) is 1. The normalized spacial score (nSPS) is 20.1. The van der Waals surface area contributed by atoms with Crippen molar-refractivity contribution in [3.8, 4) is 0 Å². The number of carbonyl (C=O) groups excluding carboxylic acids is 2. The number of likely N-dealkylation sites (tertiary alicyclic amines) is 1. The van der Waals surface area contributed by atoms with E-state index in [9.17, 15) is 14.0 Å². The third kappa shape index (κ3) is 6.74. The summed E-state index contributed by atoms with van der Waals surface area (Å²) in [6.45, 7) is 5.02. The number of halogens is 1. The van der Waals surface area contributed by atoms with Crippen molar-refractivity contribution in [3.05, 3.63) is 101 Å². The Kier molecular flexibility index (Phi) is 8.96. The first-order valence-electron chi connectivity index (χ1n) is 15.5. The van der Waals surface area contributed by atoms with Crippen molar-refractivity contribution in [2.75, 3.05) is 44.2 Å². The van der Waals surface area contributed by atoms with Crippen LogP contribution in [0.3, 0.4) is 0 Å². The Balaban J connectivity index is 1.11. The highest BCUT2D eigenvalue weighted by atomic mass is 19.1. The first-order valence-corrected chi connectivity index (χ1v) is 15.5. The highest BCUT2D eigenvalue weighted by Crippen LogP contribution is 2.40. The molecule has 0 saturated carbocycles. The average Bonchev–Trinajstić information content (AvgIpc) is 3.12. The van der Waals surface area contributed by atoms with E-state index in [4.69, 9.17) is 0 Å². The van der Waals surface area contributed by atoms with E-state index in [1.165, 1.54) is 30.5 Å². The van der Waals surface area contributed by atoms with Gasteiger partial charge in [0.15, 0.2) is 0 Å². The maximum absolute atomic E-state index is 14.0. The van der Waals surface area contributed by atoms with Gasteiger partial charge < -0.3 is 15.1 Å². The highest BCUT2D eigenvalue weighted by Gasteiger charge is 2.35. The molecule has 0 aromatic heterocycles. The topological polar surface area (TPSA) is 55.9 Å². The number of nitrogens with zero attached hydrogens (tertiary/aromatic N) is 3. The fourth-order valence-corrected chi connectivity index (χ4v) is 6.91. The van der Waals surface area contributed by atoms with Crippen molar-refractivity contribution in [2.45, 2.75) is 51.1 Å². The minimum Gasteiger partial charge on any atom is -0.351 e. The Bertz CT molecular complexity index is 1390. The van der Waals surface area contributed by atoms with Gasteiger partial charge in [-0.15, -0.1) is 0 Å². The molecular weight excluding hydrogens is 527 g/mol. The summed E-state index contributed by atoms with van der Waals surface area (Å²) >= 11 is 0. The second kappa shape index (κ2) is 13.2. The summed E-state index contributed by atoms with van der Waals surface area (Å²) in [6, 6.07) is 23.1. The molecule has 42 heavy (non-hydrogen) atoms. The molecule has 1 unspecified atom stereocenters. The van der Waals surface area contributed by atoms with Gasteiger partial charge in [-0.05, 0) is 98.6 Å². The number of amides is 2. The zero-order valence-electron chi connectivity index (χ0n) is 24.3. The van der Waals surface area contributed by atoms with Gasteiger partial charge in [0.25, 0.3) is 5.91 Å². The number of rotatable bonds is 8. The number of hydrogen-bond donors (Lipinski definition) is 1. The number of carbonyl (C=O) groups is 2. The molecule has 1 N–H and O–H groups in total. The van der Waals surface area contributed by atoms with Crippen LogP contribution in [-0.4, -0.2) is 60.9 Å². The molecule has 3 aliphatic rings. The van der Waals surface area contributed by atoms with Crippen LogP contribution in [0.4, 0.5) is 10.1 Å². The molecule has 3 aromatic carbocycles. The van der Waals surface area contributed by atoms with E-state index in [2.05, 4.69) is 45.4 Å². The Morgan fingerprint density at radius 2 is 1.69 bits per heavy atom. The van der Waals surface area contributed by atoms with Crippen LogP contribution < -0.4 is 10.2 Å². The third-order valence-corrected chi connectivity index (χ3v) is 9.21. The molecular formula is C35H41FN4O2. The van der Waals surface area contributed by atoms with E-state index in [-0.39, 0.29) is 30.2 Å². The van der Waals surface area contributed by atoms with Gasteiger partial charge in [0.2, 0.25) is 5.91 Å². The van der Waals surface area contributed by atoms with Gasteiger partial charge >= 0.3 is 0 Å². The predicted octanol–water partition coefficient (Wildman–Crippen LogP) is 5.58. The Morgan fingerprint density at radius 3 is 2.50 bits per heavy atom. The van der Waals surface area contributed by atoms with Gasteiger partial charge in [-0.25, -0.2) is 4.39 Å². The summed E-state index contributed by atoms with van der Waals surface area (Å²) in [6.07, 6.45) is 6.68. The van der Waals surface area contributed by atoms with E-state index >= 15 is 0 Å². The summed E-state index contributed by atoms with van der Waals surface area (Å²) in [5, 5.41) is 3.12. The van der Waals surface area contributed by atoms with Gasteiger partial charge in [0.1, 0.15) is 5.82 Å². The van der Waals surface area contributed by atoms with Crippen molar-refractivity contribution in [1.82, 2.24) is 15.1 Å². The monoisotopic (exact) mass is 568 g/mol. The Hall–Kier alpha value is -3.55. The maximum atomic E-state index is 14.0. The second-order valence-corrected chi connectivity index (χ2v) is 12.1. The maximum Gasteiger partial charge on any atom is 0.251 e. The minimum absolute atomic E-state index is 0.0156. The lowest BCUT2D eigenvalue weighted by Gasteiger charge is -2.34. The number of benzene rings is 3. The molecule has 2 fully saturated rings. The molecule has 0 bridgehead atoms. The Morgan fingerprint density at radius 1 is 0.881 bits per heavy atom. The van der Waals surface area contributed by atoms with E-state index in [0.717, 1.165) is 74.6 Å². The molecule has 2 amide bonds. The smallest absolute Gasteiger partial charge is 0.251 e. The van der Waals surface area contributed by atoms with E-state index in [1.807, 2.05) is 24.3 Å². The fraction of sp³-hybridized carbons (Fsp3) is 0.429. The van der Waals surface area contributed by atoms with Crippen LogP contribution in [-0.2, 0) is 17.8 Å².